The number of aliphatic imine (C=N–C) groups is 1. The Morgan fingerprint density at radius 2 is 2.00 bits per heavy atom. The van der Waals surface area contributed by atoms with Gasteiger partial charge < -0.3 is 14.8 Å². The highest BCUT2D eigenvalue weighted by molar-refractivity contribution is 8.02. The van der Waals surface area contributed by atoms with Crippen molar-refractivity contribution < 1.29 is 9.59 Å². The molecular weight excluding hydrogens is 446 g/mol. The second-order valence-corrected chi connectivity index (χ2v) is 10.00. The number of thioether (sulfide) groups is 1. The molecule has 2 aliphatic rings. The fourth-order valence-corrected chi connectivity index (χ4v) is 6.04. The molecule has 1 unspecified atom stereocenters. The van der Waals surface area contributed by atoms with Crippen LogP contribution >= 0.6 is 11.8 Å². The number of aromatic nitrogens is 1. The summed E-state index contributed by atoms with van der Waals surface area (Å²) in [6.45, 7) is 7.81. The molecule has 1 fully saturated rings. The monoisotopic (exact) mass is 477 g/mol. The SMILES string of the molecule is CSC1=CC(C)=NC(=O)C1CNC(=O)c1c(C)n([C@H](C)C2CCN(C#N)CC2)c2ccccc12. The normalized spacial score (nSPS) is 20.0. The van der Waals surface area contributed by atoms with E-state index in [1.165, 1.54) is 11.8 Å². The van der Waals surface area contributed by atoms with E-state index in [9.17, 15) is 14.9 Å². The summed E-state index contributed by atoms with van der Waals surface area (Å²) >= 11 is 1.52. The molecule has 3 heterocycles. The number of hydrogen-bond acceptors (Lipinski definition) is 5. The van der Waals surface area contributed by atoms with Crippen molar-refractivity contribution in [3.8, 4) is 6.19 Å². The Morgan fingerprint density at radius 1 is 1.29 bits per heavy atom. The van der Waals surface area contributed by atoms with E-state index >= 15 is 0 Å². The topological polar surface area (TPSA) is 90.5 Å². The Morgan fingerprint density at radius 3 is 2.68 bits per heavy atom. The first-order chi connectivity index (χ1) is 16.3. The number of rotatable bonds is 6. The number of allylic oxidation sites excluding steroid dienone is 1. The van der Waals surface area contributed by atoms with E-state index in [0.717, 1.165) is 47.4 Å². The van der Waals surface area contributed by atoms with Gasteiger partial charge in [0, 0.05) is 52.9 Å². The molecule has 7 nitrogen and oxygen atoms in total. The molecule has 2 aromatic rings. The molecule has 0 saturated carbocycles. The largest absolute Gasteiger partial charge is 0.351 e. The van der Waals surface area contributed by atoms with Crippen LogP contribution in [0.3, 0.4) is 0 Å². The van der Waals surface area contributed by atoms with E-state index in [-0.39, 0.29) is 24.4 Å². The van der Waals surface area contributed by atoms with Crippen LogP contribution in [-0.2, 0) is 4.79 Å². The summed E-state index contributed by atoms with van der Waals surface area (Å²) in [5, 5.41) is 13.1. The lowest BCUT2D eigenvalue weighted by atomic mass is 9.90. The van der Waals surface area contributed by atoms with Crippen LogP contribution in [0.15, 0.2) is 40.2 Å². The standard InChI is InChI=1S/C26H31N5O2S/c1-16-13-23(34-4)21(25(32)29-16)14-28-26(33)24-18(3)31(22-8-6-5-7-20(22)24)17(2)19-9-11-30(15-27)12-10-19/h5-8,13,17,19,21H,9-12,14H2,1-4H3,(H,28,33)/t17-,21?/m1/s1. The Balaban J connectivity index is 1.59. The van der Waals surface area contributed by atoms with E-state index in [1.807, 2.05) is 49.3 Å². The summed E-state index contributed by atoms with van der Waals surface area (Å²) in [6.07, 6.45) is 8.01. The lowest BCUT2D eigenvalue weighted by molar-refractivity contribution is -0.120. The highest BCUT2D eigenvalue weighted by Gasteiger charge is 2.30. The molecular formula is C26H31N5O2S. The van der Waals surface area contributed by atoms with Gasteiger partial charge in [-0.3, -0.25) is 9.59 Å². The van der Waals surface area contributed by atoms with Gasteiger partial charge in [0.2, 0.25) is 0 Å². The van der Waals surface area contributed by atoms with Gasteiger partial charge >= 0.3 is 0 Å². The number of amides is 2. The van der Waals surface area contributed by atoms with Gasteiger partial charge in [0.1, 0.15) is 0 Å². The van der Waals surface area contributed by atoms with Gasteiger partial charge in [-0.05, 0) is 57.9 Å². The molecule has 34 heavy (non-hydrogen) atoms. The van der Waals surface area contributed by atoms with Crippen molar-refractivity contribution in [2.75, 3.05) is 25.9 Å². The van der Waals surface area contributed by atoms with Crippen LogP contribution in [0.4, 0.5) is 0 Å². The third kappa shape index (κ3) is 4.49. The van der Waals surface area contributed by atoms with Crippen LogP contribution in [0.1, 0.15) is 48.8 Å². The lowest BCUT2D eigenvalue weighted by Crippen LogP contribution is -2.35. The highest BCUT2D eigenvalue weighted by Crippen LogP contribution is 2.35. The van der Waals surface area contributed by atoms with Crippen molar-refractivity contribution in [2.24, 2.45) is 16.8 Å². The zero-order valence-corrected chi connectivity index (χ0v) is 21.0. The summed E-state index contributed by atoms with van der Waals surface area (Å²) in [5.74, 6) is -0.384. The molecule has 178 valence electrons. The van der Waals surface area contributed by atoms with E-state index in [2.05, 4.69) is 34.1 Å². The summed E-state index contributed by atoms with van der Waals surface area (Å²) in [4.78, 5) is 32.8. The Labute approximate surface area is 204 Å². The number of likely N-dealkylation sites (tertiary alicyclic amines) is 1. The smallest absolute Gasteiger partial charge is 0.255 e. The molecule has 1 N–H and O–H groups in total. The molecule has 2 atom stereocenters. The third-order valence-electron chi connectivity index (χ3n) is 7.14. The Hall–Kier alpha value is -3.05. The quantitative estimate of drug-likeness (QED) is 0.627. The summed E-state index contributed by atoms with van der Waals surface area (Å²) in [5.41, 5.74) is 3.33. The first-order valence-corrected chi connectivity index (χ1v) is 12.9. The van der Waals surface area contributed by atoms with Crippen molar-refractivity contribution in [1.82, 2.24) is 14.8 Å². The van der Waals surface area contributed by atoms with Crippen molar-refractivity contribution in [2.45, 2.75) is 39.7 Å². The van der Waals surface area contributed by atoms with Crippen LogP contribution in [0, 0.1) is 30.2 Å². The van der Waals surface area contributed by atoms with Gasteiger partial charge in [-0.1, -0.05) is 18.2 Å². The average Bonchev–Trinajstić information content (AvgIpc) is 3.14. The van der Waals surface area contributed by atoms with Crippen LogP contribution in [0.5, 0.6) is 0 Å². The van der Waals surface area contributed by atoms with E-state index < -0.39 is 5.92 Å². The Kier molecular flexibility index (Phi) is 7.13. The number of nitrogens with zero attached hydrogens (tertiary/aromatic N) is 4. The second kappa shape index (κ2) is 10.1. The van der Waals surface area contributed by atoms with Crippen molar-refractivity contribution >= 4 is 40.2 Å². The molecule has 2 aliphatic heterocycles. The minimum Gasteiger partial charge on any atom is -0.351 e. The number of dihydropyridines is 1. The number of para-hydroxylation sites is 1. The first kappa shape index (κ1) is 24.1. The minimum absolute atomic E-state index is 0.168. The number of piperidine rings is 1. The van der Waals surface area contributed by atoms with Crippen LogP contribution in [-0.4, -0.2) is 52.9 Å². The van der Waals surface area contributed by atoms with Gasteiger partial charge in [-0.15, -0.1) is 11.8 Å². The van der Waals surface area contributed by atoms with E-state index in [4.69, 9.17) is 0 Å². The lowest BCUT2D eigenvalue weighted by Gasteiger charge is -2.33. The highest BCUT2D eigenvalue weighted by atomic mass is 32.2. The molecule has 0 aliphatic carbocycles. The van der Waals surface area contributed by atoms with Crippen molar-refractivity contribution in [3.05, 3.63) is 46.5 Å². The van der Waals surface area contributed by atoms with Crippen LogP contribution in [0.25, 0.3) is 10.9 Å². The molecule has 4 rings (SSSR count). The maximum Gasteiger partial charge on any atom is 0.255 e. The number of carbonyl (C=O) groups excluding carboxylic acids is 2. The zero-order valence-electron chi connectivity index (χ0n) is 20.2. The maximum absolute atomic E-state index is 13.4. The summed E-state index contributed by atoms with van der Waals surface area (Å²) in [6, 6.07) is 8.22. The molecule has 0 radical (unpaired) electrons. The number of fused-ring (bicyclic) bond motifs is 1. The van der Waals surface area contributed by atoms with Gasteiger partial charge in [0.05, 0.1) is 11.5 Å². The van der Waals surface area contributed by atoms with Crippen LogP contribution < -0.4 is 5.32 Å². The molecule has 0 bridgehead atoms. The molecule has 1 saturated heterocycles. The Bertz CT molecular complexity index is 1210. The number of nitriles is 1. The third-order valence-corrected chi connectivity index (χ3v) is 8.01. The molecule has 0 spiro atoms. The predicted octanol–water partition coefficient (Wildman–Crippen LogP) is 4.30. The fraction of sp³-hybridized carbons (Fsp3) is 0.462. The summed E-state index contributed by atoms with van der Waals surface area (Å²) in [7, 11) is 0. The second-order valence-electron chi connectivity index (χ2n) is 9.12. The van der Waals surface area contributed by atoms with Gasteiger partial charge in [0.15, 0.2) is 6.19 Å². The van der Waals surface area contributed by atoms with Crippen molar-refractivity contribution in [1.29, 1.82) is 5.26 Å². The van der Waals surface area contributed by atoms with Gasteiger partial charge in [-0.25, -0.2) is 4.99 Å². The number of nitrogens with one attached hydrogen (secondary N) is 1. The minimum atomic E-state index is -0.444. The number of benzene rings is 1. The van der Waals surface area contributed by atoms with Gasteiger partial charge in [0.25, 0.3) is 11.8 Å². The fourth-order valence-electron chi connectivity index (χ4n) is 5.28. The predicted molar refractivity (Wildman–Crippen MR) is 137 cm³/mol. The number of carbonyl (C=O) groups is 2. The van der Waals surface area contributed by atoms with Crippen molar-refractivity contribution in [3.63, 3.8) is 0 Å². The van der Waals surface area contributed by atoms with E-state index in [0.29, 0.717) is 17.2 Å². The first-order valence-electron chi connectivity index (χ1n) is 11.7. The van der Waals surface area contributed by atoms with Gasteiger partial charge in [-0.2, -0.15) is 5.26 Å². The number of hydrogen-bond donors (Lipinski definition) is 1. The maximum atomic E-state index is 13.4. The molecule has 2 amide bonds. The molecule has 1 aromatic carbocycles. The van der Waals surface area contributed by atoms with E-state index in [1.54, 1.807) is 0 Å². The summed E-state index contributed by atoms with van der Waals surface area (Å²) < 4.78 is 2.28. The zero-order chi connectivity index (χ0) is 24.4. The average molecular weight is 478 g/mol. The van der Waals surface area contributed by atoms with Crippen LogP contribution in [0.2, 0.25) is 0 Å². The molecule has 1 aromatic heterocycles. The molecule has 8 heteroatoms.